The second kappa shape index (κ2) is 7.55. The summed E-state index contributed by atoms with van der Waals surface area (Å²) in [5, 5.41) is 0. The van der Waals surface area contributed by atoms with Gasteiger partial charge in [-0.05, 0) is 18.9 Å². The average molecular weight is 183 g/mol. The van der Waals surface area contributed by atoms with Crippen molar-refractivity contribution >= 4 is 5.97 Å². The van der Waals surface area contributed by atoms with E-state index in [4.69, 9.17) is 10.5 Å². The summed E-state index contributed by atoms with van der Waals surface area (Å²) in [5.41, 5.74) is 6.08. The molecule has 0 saturated carbocycles. The largest absolute Gasteiger partial charge is 0.460 e. The van der Waals surface area contributed by atoms with E-state index >= 15 is 0 Å². The highest BCUT2D eigenvalue weighted by Gasteiger charge is 1.98. The highest BCUT2D eigenvalue weighted by Crippen LogP contribution is 1.98. The van der Waals surface area contributed by atoms with Crippen LogP contribution in [0.2, 0.25) is 0 Å². The molecule has 0 unspecified atom stereocenters. The number of hydrogen-bond acceptors (Lipinski definition) is 3. The van der Waals surface area contributed by atoms with Crippen molar-refractivity contribution in [2.75, 3.05) is 13.2 Å². The fraction of sp³-hybridized carbons (Fsp3) is 0.500. The van der Waals surface area contributed by atoms with Gasteiger partial charge in [0.1, 0.15) is 6.61 Å². The second-order valence-corrected chi connectivity index (χ2v) is 2.54. The van der Waals surface area contributed by atoms with Gasteiger partial charge in [-0.1, -0.05) is 25.2 Å². The molecule has 0 rings (SSSR count). The van der Waals surface area contributed by atoms with Gasteiger partial charge >= 0.3 is 5.97 Å². The number of rotatable bonds is 5. The van der Waals surface area contributed by atoms with E-state index < -0.39 is 0 Å². The molecule has 0 aromatic carbocycles. The normalized spacial score (nSPS) is 12.1. The van der Waals surface area contributed by atoms with Crippen LogP contribution in [-0.2, 0) is 9.53 Å². The monoisotopic (exact) mass is 183 g/mol. The van der Waals surface area contributed by atoms with Crippen molar-refractivity contribution in [1.29, 1.82) is 0 Å². The molecule has 0 spiro atoms. The fourth-order valence-electron chi connectivity index (χ4n) is 0.720. The number of carbonyl (C=O) groups excluding carboxylic acids is 1. The number of esters is 1. The number of allylic oxidation sites excluding steroid dienone is 2. The molecule has 13 heavy (non-hydrogen) atoms. The van der Waals surface area contributed by atoms with Crippen molar-refractivity contribution in [2.45, 2.75) is 20.3 Å². The lowest BCUT2D eigenvalue weighted by Crippen LogP contribution is -2.17. The van der Waals surface area contributed by atoms with Crippen molar-refractivity contribution in [3.8, 4) is 0 Å². The lowest BCUT2D eigenvalue weighted by Gasteiger charge is -2.02. The topological polar surface area (TPSA) is 52.3 Å². The fourth-order valence-corrected chi connectivity index (χ4v) is 0.720. The molecule has 0 aliphatic heterocycles. The summed E-state index contributed by atoms with van der Waals surface area (Å²) in [4.78, 5) is 10.7. The summed E-state index contributed by atoms with van der Waals surface area (Å²) in [6.07, 6.45) is 6.85. The Balaban J connectivity index is 3.87. The molecular formula is C10H17NO2. The summed E-state index contributed by atoms with van der Waals surface area (Å²) in [6.45, 7) is 4.21. The minimum absolute atomic E-state index is 0.0610. The van der Waals surface area contributed by atoms with E-state index in [9.17, 15) is 4.79 Å². The molecule has 0 saturated heterocycles. The van der Waals surface area contributed by atoms with E-state index in [1.165, 1.54) is 0 Å². The van der Waals surface area contributed by atoms with E-state index in [0.717, 1.165) is 12.0 Å². The van der Waals surface area contributed by atoms with Gasteiger partial charge in [0.15, 0.2) is 0 Å². The summed E-state index contributed by atoms with van der Waals surface area (Å²) >= 11 is 0. The number of ether oxygens (including phenoxy) is 1. The molecule has 0 radical (unpaired) electrons. The predicted octanol–water partition coefficient (Wildman–Crippen LogP) is 1.40. The first-order valence-corrected chi connectivity index (χ1v) is 4.42. The minimum atomic E-state index is -0.371. The summed E-state index contributed by atoms with van der Waals surface area (Å²) in [5.74, 6) is -0.371. The van der Waals surface area contributed by atoms with Gasteiger partial charge in [-0.2, -0.15) is 0 Å². The molecule has 0 fully saturated rings. The lowest BCUT2D eigenvalue weighted by molar-refractivity contribution is -0.140. The van der Waals surface area contributed by atoms with Crippen LogP contribution in [0, 0.1) is 0 Å². The second-order valence-electron chi connectivity index (χ2n) is 2.54. The standard InChI is InChI=1S/C10H17NO2/c1-3-5-6-9(4-2)8-13-10(12)7-11/h4-6H,3,7-8,11H2,1-2H3/b6-5-,9-4+. The van der Waals surface area contributed by atoms with Crippen LogP contribution < -0.4 is 5.73 Å². The quantitative estimate of drug-likeness (QED) is 0.517. The predicted molar refractivity (Wildman–Crippen MR) is 53.2 cm³/mol. The van der Waals surface area contributed by atoms with Gasteiger partial charge in [-0.3, -0.25) is 4.79 Å². The van der Waals surface area contributed by atoms with E-state index in [2.05, 4.69) is 6.92 Å². The first-order valence-electron chi connectivity index (χ1n) is 4.42. The smallest absolute Gasteiger partial charge is 0.320 e. The molecule has 0 aliphatic rings. The third kappa shape index (κ3) is 6.11. The van der Waals surface area contributed by atoms with Crippen LogP contribution in [0.25, 0.3) is 0 Å². The number of nitrogens with two attached hydrogens (primary N) is 1. The Hall–Kier alpha value is -1.09. The molecular weight excluding hydrogens is 166 g/mol. The molecule has 0 aliphatic carbocycles. The molecule has 0 aromatic rings. The van der Waals surface area contributed by atoms with E-state index in [0.29, 0.717) is 6.61 Å². The Labute approximate surface area is 79.3 Å². The Kier molecular flexibility index (Phi) is 6.92. The third-order valence-electron chi connectivity index (χ3n) is 1.50. The Morgan fingerprint density at radius 1 is 1.54 bits per heavy atom. The maximum absolute atomic E-state index is 10.7. The zero-order chi connectivity index (χ0) is 10.1. The van der Waals surface area contributed by atoms with E-state index in [1.807, 2.05) is 25.2 Å². The summed E-state index contributed by atoms with van der Waals surface area (Å²) in [7, 11) is 0. The van der Waals surface area contributed by atoms with E-state index in [1.54, 1.807) is 0 Å². The van der Waals surface area contributed by atoms with Crippen molar-refractivity contribution in [3.05, 3.63) is 23.8 Å². The van der Waals surface area contributed by atoms with E-state index in [-0.39, 0.29) is 12.5 Å². The van der Waals surface area contributed by atoms with Gasteiger partial charge in [-0.25, -0.2) is 0 Å². The minimum Gasteiger partial charge on any atom is -0.460 e. The number of hydrogen-bond donors (Lipinski definition) is 1. The van der Waals surface area contributed by atoms with Crippen LogP contribution >= 0.6 is 0 Å². The average Bonchev–Trinajstić information content (AvgIpc) is 2.17. The Bertz CT molecular complexity index is 207. The molecule has 0 bridgehead atoms. The van der Waals surface area contributed by atoms with Crippen molar-refractivity contribution in [3.63, 3.8) is 0 Å². The SMILES string of the molecule is C/C=C(\C=C/CC)COC(=O)CN. The van der Waals surface area contributed by atoms with Crippen LogP contribution in [0.4, 0.5) is 0 Å². The molecule has 0 amide bonds. The first kappa shape index (κ1) is 11.9. The highest BCUT2D eigenvalue weighted by molar-refractivity contribution is 5.71. The molecule has 0 heterocycles. The molecule has 0 atom stereocenters. The zero-order valence-corrected chi connectivity index (χ0v) is 8.25. The third-order valence-corrected chi connectivity index (χ3v) is 1.50. The van der Waals surface area contributed by atoms with Crippen molar-refractivity contribution in [2.24, 2.45) is 5.73 Å². The van der Waals surface area contributed by atoms with Crippen molar-refractivity contribution in [1.82, 2.24) is 0 Å². The first-order chi connectivity index (χ1) is 6.24. The molecule has 3 heteroatoms. The van der Waals surface area contributed by atoms with Crippen LogP contribution in [0.3, 0.4) is 0 Å². The van der Waals surface area contributed by atoms with Crippen LogP contribution in [-0.4, -0.2) is 19.1 Å². The molecule has 74 valence electrons. The maximum Gasteiger partial charge on any atom is 0.320 e. The van der Waals surface area contributed by atoms with Gasteiger partial charge in [-0.15, -0.1) is 0 Å². The van der Waals surface area contributed by atoms with Gasteiger partial charge in [0.05, 0.1) is 6.54 Å². The van der Waals surface area contributed by atoms with Gasteiger partial charge in [0, 0.05) is 0 Å². The number of carbonyl (C=O) groups is 1. The van der Waals surface area contributed by atoms with Crippen LogP contribution in [0.15, 0.2) is 23.8 Å². The molecule has 0 aromatic heterocycles. The van der Waals surface area contributed by atoms with Gasteiger partial charge in [0.2, 0.25) is 0 Å². The lowest BCUT2D eigenvalue weighted by atomic mass is 10.2. The van der Waals surface area contributed by atoms with Crippen molar-refractivity contribution < 1.29 is 9.53 Å². The Morgan fingerprint density at radius 2 is 2.23 bits per heavy atom. The Morgan fingerprint density at radius 3 is 2.69 bits per heavy atom. The molecule has 3 nitrogen and oxygen atoms in total. The van der Waals surface area contributed by atoms with Crippen LogP contribution in [0.1, 0.15) is 20.3 Å². The summed E-state index contributed by atoms with van der Waals surface area (Å²) < 4.78 is 4.86. The summed E-state index contributed by atoms with van der Waals surface area (Å²) in [6, 6.07) is 0. The van der Waals surface area contributed by atoms with Gasteiger partial charge < -0.3 is 10.5 Å². The molecule has 2 N–H and O–H groups in total. The van der Waals surface area contributed by atoms with Crippen LogP contribution in [0.5, 0.6) is 0 Å². The van der Waals surface area contributed by atoms with Gasteiger partial charge in [0.25, 0.3) is 0 Å². The maximum atomic E-state index is 10.7. The highest BCUT2D eigenvalue weighted by atomic mass is 16.5. The zero-order valence-electron chi connectivity index (χ0n) is 8.25.